The summed E-state index contributed by atoms with van der Waals surface area (Å²) in [5, 5.41) is 18.3. The van der Waals surface area contributed by atoms with E-state index in [4.69, 9.17) is 20.3 Å². The van der Waals surface area contributed by atoms with Crippen molar-refractivity contribution in [2.45, 2.75) is 6.04 Å². The smallest absolute Gasteiger partial charge is 0.231 e. The number of halogens is 1. The van der Waals surface area contributed by atoms with Crippen molar-refractivity contribution in [1.82, 2.24) is 0 Å². The van der Waals surface area contributed by atoms with Crippen molar-refractivity contribution in [1.29, 1.82) is 0 Å². The van der Waals surface area contributed by atoms with E-state index in [-0.39, 0.29) is 23.9 Å². The maximum Gasteiger partial charge on any atom is 0.231 e. The van der Waals surface area contributed by atoms with E-state index in [2.05, 4.69) is 0 Å². The van der Waals surface area contributed by atoms with Crippen molar-refractivity contribution in [3.05, 3.63) is 17.4 Å². The highest BCUT2D eigenvalue weighted by atomic mass is 19.1. The van der Waals surface area contributed by atoms with Gasteiger partial charge >= 0.3 is 0 Å². The number of aromatic hydroxyl groups is 1. The van der Waals surface area contributed by atoms with Crippen molar-refractivity contribution in [3.8, 4) is 17.2 Å². The van der Waals surface area contributed by atoms with Crippen LogP contribution in [-0.4, -0.2) is 23.6 Å². The lowest BCUT2D eigenvalue weighted by atomic mass is 10.0. The van der Waals surface area contributed by atoms with Crippen LogP contribution in [0, 0.1) is 5.82 Å². The standard InChI is InChI=1S/C9H10FNO4/c10-4-1-6-9(15-3-14-6)7(8(4)13)5(11)2-12/h1,5,12-13H,2-3,11H2. The van der Waals surface area contributed by atoms with Crippen LogP contribution in [0.5, 0.6) is 17.2 Å². The maximum atomic E-state index is 13.2. The molecule has 0 aliphatic carbocycles. The van der Waals surface area contributed by atoms with Crippen LogP contribution < -0.4 is 15.2 Å². The lowest BCUT2D eigenvalue weighted by Gasteiger charge is -2.13. The van der Waals surface area contributed by atoms with Crippen LogP contribution in [-0.2, 0) is 0 Å². The van der Waals surface area contributed by atoms with Gasteiger partial charge in [-0.15, -0.1) is 0 Å². The summed E-state index contributed by atoms with van der Waals surface area (Å²) < 4.78 is 23.2. The zero-order valence-electron chi connectivity index (χ0n) is 7.74. The molecule has 1 aliphatic rings. The van der Waals surface area contributed by atoms with Crippen molar-refractivity contribution in [2.24, 2.45) is 5.73 Å². The zero-order chi connectivity index (χ0) is 11.0. The van der Waals surface area contributed by atoms with Crippen molar-refractivity contribution in [2.75, 3.05) is 13.4 Å². The SMILES string of the molecule is NC(CO)c1c(O)c(F)cc2c1OCO2. The number of nitrogens with two attached hydrogens (primary N) is 1. The van der Waals surface area contributed by atoms with Gasteiger partial charge in [0.15, 0.2) is 23.1 Å². The van der Waals surface area contributed by atoms with Crippen molar-refractivity contribution >= 4 is 0 Å². The van der Waals surface area contributed by atoms with Gasteiger partial charge in [-0.1, -0.05) is 0 Å². The molecule has 5 nitrogen and oxygen atoms in total. The maximum absolute atomic E-state index is 13.2. The van der Waals surface area contributed by atoms with Crippen LogP contribution in [0.3, 0.4) is 0 Å². The van der Waals surface area contributed by atoms with Gasteiger partial charge in [0, 0.05) is 6.07 Å². The fourth-order valence-corrected chi connectivity index (χ4v) is 1.46. The Hall–Kier alpha value is -1.53. The van der Waals surface area contributed by atoms with Gasteiger partial charge in [0.05, 0.1) is 18.2 Å². The van der Waals surface area contributed by atoms with Gasteiger partial charge in [0.1, 0.15) is 0 Å². The summed E-state index contributed by atoms with van der Waals surface area (Å²) in [6, 6.07) is 0.113. The molecule has 0 aromatic heterocycles. The molecule has 4 N–H and O–H groups in total. The van der Waals surface area contributed by atoms with Crippen molar-refractivity contribution in [3.63, 3.8) is 0 Å². The van der Waals surface area contributed by atoms with Gasteiger partial charge in [-0.05, 0) is 0 Å². The van der Waals surface area contributed by atoms with Crippen LogP contribution in [0.2, 0.25) is 0 Å². The molecule has 0 radical (unpaired) electrons. The Morgan fingerprint density at radius 1 is 1.53 bits per heavy atom. The second-order valence-electron chi connectivity index (χ2n) is 3.14. The molecule has 1 heterocycles. The molecular formula is C9H10FNO4. The fraction of sp³-hybridized carbons (Fsp3) is 0.333. The average molecular weight is 215 g/mol. The van der Waals surface area contributed by atoms with Gasteiger partial charge in [-0.25, -0.2) is 4.39 Å². The first-order valence-electron chi connectivity index (χ1n) is 4.32. The summed E-state index contributed by atoms with van der Waals surface area (Å²) in [4.78, 5) is 0. The first kappa shape index (κ1) is 10.0. The van der Waals surface area contributed by atoms with E-state index in [0.717, 1.165) is 6.07 Å². The highest BCUT2D eigenvalue weighted by molar-refractivity contribution is 5.56. The zero-order valence-corrected chi connectivity index (χ0v) is 7.74. The highest BCUT2D eigenvalue weighted by Gasteiger charge is 2.27. The molecule has 6 heteroatoms. The van der Waals surface area contributed by atoms with E-state index in [1.54, 1.807) is 0 Å². The van der Waals surface area contributed by atoms with E-state index in [1.807, 2.05) is 0 Å². The third kappa shape index (κ3) is 1.47. The number of rotatable bonds is 2. The minimum Gasteiger partial charge on any atom is -0.504 e. The van der Waals surface area contributed by atoms with Crippen molar-refractivity contribution < 1.29 is 24.1 Å². The van der Waals surface area contributed by atoms with E-state index in [1.165, 1.54) is 0 Å². The van der Waals surface area contributed by atoms with Gasteiger partial charge in [0.2, 0.25) is 6.79 Å². The molecule has 0 saturated carbocycles. The Morgan fingerprint density at radius 3 is 2.93 bits per heavy atom. The van der Waals surface area contributed by atoms with E-state index < -0.39 is 24.2 Å². The van der Waals surface area contributed by atoms with E-state index in [9.17, 15) is 9.50 Å². The monoisotopic (exact) mass is 215 g/mol. The highest BCUT2D eigenvalue weighted by Crippen LogP contribution is 2.44. The van der Waals surface area contributed by atoms with Gasteiger partial charge < -0.3 is 25.4 Å². The first-order chi connectivity index (χ1) is 7.15. The summed E-state index contributed by atoms with van der Waals surface area (Å²) in [7, 11) is 0. The third-order valence-electron chi connectivity index (χ3n) is 2.19. The lowest BCUT2D eigenvalue weighted by molar-refractivity contribution is 0.171. The Kier molecular flexibility index (Phi) is 2.37. The molecule has 0 spiro atoms. The van der Waals surface area contributed by atoms with Gasteiger partial charge in [-0.2, -0.15) is 0 Å². The number of ether oxygens (including phenoxy) is 2. The van der Waals surface area contributed by atoms with Gasteiger partial charge in [-0.3, -0.25) is 0 Å². The predicted molar refractivity (Wildman–Crippen MR) is 48.2 cm³/mol. The molecule has 1 unspecified atom stereocenters. The molecular weight excluding hydrogens is 205 g/mol. The van der Waals surface area contributed by atoms with Crippen LogP contribution in [0.4, 0.5) is 4.39 Å². The molecule has 82 valence electrons. The van der Waals surface area contributed by atoms with E-state index >= 15 is 0 Å². The second kappa shape index (κ2) is 3.56. The van der Waals surface area contributed by atoms with Crippen LogP contribution in [0.15, 0.2) is 6.07 Å². The molecule has 15 heavy (non-hydrogen) atoms. The largest absolute Gasteiger partial charge is 0.504 e. The lowest BCUT2D eigenvalue weighted by Crippen LogP contribution is -2.15. The number of fused-ring (bicyclic) bond motifs is 1. The number of aliphatic hydroxyl groups is 1. The quantitative estimate of drug-likeness (QED) is 0.658. The number of phenolic OH excluding ortho intramolecular Hbond substituents is 1. The Labute approximate surface area is 84.8 Å². The second-order valence-corrected chi connectivity index (χ2v) is 3.14. The van der Waals surface area contributed by atoms with Crippen LogP contribution in [0.25, 0.3) is 0 Å². The summed E-state index contributed by atoms with van der Waals surface area (Å²) >= 11 is 0. The Balaban J connectivity index is 2.60. The first-order valence-corrected chi connectivity index (χ1v) is 4.32. The minimum atomic E-state index is -0.906. The number of hydrogen-bond acceptors (Lipinski definition) is 5. The van der Waals surface area contributed by atoms with E-state index in [0.29, 0.717) is 0 Å². The fourth-order valence-electron chi connectivity index (χ4n) is 1.46. The molecule has 2 rings (SSSR count). The summed E-state index contributed by atoms with van der Waals surface area (Å²) in [6.07, 6.45) is 0. The minimum absolute atomic E-state index is 0.0324. The normalized spacial score (nSPS) is 15.4. The molecule has 1 aromatic carbocycles. The molecule has 0 amide bonds. The number of aliphatic hydroxyl groups excluding tert-OH is 1. The molecule has 0 fully saturated rings. The predicted octanol–water partition coefficient (Wildman–Crippen LogP) is 0.252. The number of benzene rings is 1. The number of hydrogen-bond donors (Lipinski definition) is 3. The molecule has 0 saturated heterocycles. The van der Waals surface area contributed by atoms with Gasteiger partial charge in [0.25, 0.3) is 0 Å². The molecule has 1 atom stereocenters. The summed E-state index contributed by atoms with van der Waals surface area (Å²) in [6.45, 7) is -0.476. The molecule has 1 aromatic rings. The molecule has 1 aliphatic heterocycles. The topological polar surface area (TPSA) is 84.9 Å². The summed E-state index contributed by atoms with van der Waals surface area (Å²) in [5.74, 6) is -1.08. The Bertz CT molecular complexity index is 396. The third-order valence-corrected chi connectivity index (χ3v) is 2.19. The molecule has 0 bridgehead atoms. The average Bonchev–Trinajstić information content (AvgIpc) is 2.66. The Morgan fingerprint density at radius 2 is 2.27 bits per heavy atom. The number of phenols is 1. The van der Waals surface area contributed by atoms with Crippen LogP contribution in [0.1, 0.15) is 11.6 Å². The van der Waals surface area contributed by atoms with Crippen LogP contribution >= 0.6 is 0 Å². The summed E-state index contributed by atoms with van der Waals surface area (Å²) in [5.41, 5.74) is 5.56.